The SMILES string of the molecule is CC(Cn1cccn1)NC(=O)CC1CNCCO1. The number of carbonyl (C=O) groups excluding carboxylic acids is 1. The number of nitrogens with one attached hydrogen (secondary N) is 2. The van der Waals surface area contributed by atoms with Crippen LogP contribution in [0.3, 0.4) is 0 Å². The van der Waals surface area contributed by atoms with Gasteiger partial charge < -0.3 is 15.4 Å². The fourth-order valence-electron chi connectivity index (χ4n) is 2.03. The molecular formula is C12H20N4O2. The number of hydrogen-bond donors (Lipinski definition) is 2. The van der Waals surface area contributed by atoms with Crippen molar-refractivity contribution in [3.8, 4) is 0 Å². The van der Waals surface area contributed by atoms with E-state index in [0.717, 1.165) is 13.1 Å². The van der Waals surface area contributed by atoms with Gasteiger partial charge in [0.05, 0.1) is 25.7 Å². The maximum Gasteiger partial charge on any atom is 0.222 e. The highest BCUT2D eigenvalue weighted by Gasteiger charge is 2.18. The molecule has 100 valence electrons. The zero-order valence-corrected chi connectivity index (χ0v) is 10.6. The third-order valence-electron chi connectivity index (χ3n) is 2.84. The summed E-state index contributed by atoms with van der Waals surface area (Å²) < 4.78 is 7.30. The Morgan fingerprint density at radius 3 is 3.28 bits per heavy atom. The number of nitrogens with zero attached hydrogens (tertiary/aromatic N) is 2. The average Bonchev–Trinajstić information content (AvgIpc) is 2.82. The van der Waals surface area contributed by atoms with Crippen molar-refractivity contribution >= 4 is 5.91 Å². The van der Waals surface area contributed by atoms with Crippen LogP contribution in [0.4, 0.5) is 0 Å². The van der Waals surface area contributed by atoms with Crippen LogP contribution in [0.2, 0.25) is 0 Å². The van der Waals surface area contributed by atoms with E-state index in [-0.39, 0.29) is 18.1 Å². The summed E-state index contributed by atoms with van der Waals surface area (Å²) in [6.07, 6.45) is 4.03. The lowest BCUT2D eigenvalue weighted by Gasteiger charge is -2.23. The molecular weight excluding hydrogens is 232 g/mol. The molecule has 6 nitrogen and oxygen atoms in total. The number of aromatic nitrogens is 2. The summed E-state index contributed by atoms with van der Waals surface area (Å²) >= 11 is 0. The number of amides is 1. The number of rotatable bonds is 5. The maximum atomic E-state index is 11.8. The van der Waals surface area contributed by atoms with Gasteiger partial charge >= 0.3 is 0 Å². The van der Waals surface area contributed by atoms with E-state index in [1.807, 2.05) is 23.9 Å². The Morgan fingerprint density at radius 1 is 1.72 bits per heavy atom. The second-order valence-corrected chi connectivity index (χ2v) is 4.60. The van der Waals surface area contributed by atoms with E-state index < -0.39 is 0 Å². The minimum atomic E-state index is -0.00402. The largest absolute Gasteiger partial charge is 0.375 e. The highest BCUT2D eigenvalue weighted by Crippen LogP contribution is 2.02. The Balaban J connectivity index is 1.69. The fraction of sp³-hybridized carbons (Fsp3) is 0.667. The van der Waals surface area contributed by atoms with Crippen LogP contribution in [-0.4, -0.2) is 47.5 Å². The number of morpholine rings is 1. The lowest BCUT2D eigenvalue weighted by molar-refractivity contribution is -0.125. The summed E-state index contributed by atoms with van der Waals surface area (Å²) in [5.74, 6) is 0.0309. The Bertz CT molecular complexity index is 360. The predicted molar refractivity (Wildman–Crippen MR) is 67.1 cm³/mol. The molecule has 0 bridgehead atoms. The third-order valence-corrected chi connectivity index (χ3v) is 2.84. The van der Waals surface area contributed by atoms with Gasteiger partial charge in [0.2, 0.25) is 5.91 Å². The van der Waals surface area contributed by atoms with E-state index in [9.17, 15) is 4.79 Å². The van der Waals surface area contributed by atoms with E-state index in [1.54, 1.807) is 6.20 Å². The van der Waals surface area contributed by atoms with E-state index in [4.69, 9.17) is 4.74 Å². The van der Waals surface area contributed by atoms with Crippen LogP contribution in [0.15, 0.2) is 18.5 Å². The van der Waals surface area contributed by atoms with E-state index in [0.29, 0.717) is 19.6 Å². The van der Waals surface area contributed by atoms with Gasteiger partial charge in [-0.3, -0.25) is 9.48 Å². The maximum absolute atomic E-state index is 11.8. The molecule has 1 amide bonds. The average molecular weight is 252 g/mol. The fourth-order valence-corrected chi connectivity index (χ4v) is 2.03. The summed E-state index contributed by atoms with van der Waals surface area (Å²) in [5.41, 5.74) is 0. The molecule has 0 saturated carbocycles. The van der Waals surface area contributed by atoms with Gasteiger partial charge in [-0.2, -0.15) is 5.10 Å². The first-order chi connectivity index (χ1) is 8.74. The van der Waals surface area contributed by atoms with Crippen LogP contribution in [0.25, 0.3) is 0 Å². The standard InChI is InChI=1S/C12H20N4O2/c1-10(9-16-5-2-3-14-16)15-12(17)7-11-8-13-4-6-18-11/h2-3,5,10-11,13H,4,6-9H2,1H3,(H,15,17). The van der Waals surface area contributed by atoms with Crippen LogP contribution in [0.5, 0.6) is 0 Å². The minimum Gasteiger partial charge on any atom is -0.375 e. The molecule has 1 saturated heterocycles. The molecule has 1 aromatic rings. The molecule has 1 aliphatic heterocycles. The molecule has 0 aromatic carbocycles. The van der Waals surface area contributed by atoms with Crippen molar-refractivity contribution in [3.05, 3.63) is 18.5 Å². The summed E-state index contributed by atoms with van der Waals surface area (Å²) in [4.78, 5) is 11.8. The Kier molecular flexibility index (Phi) is 4.72. The molecule has 2 heterocycles. The quantitative estimate of drug-likeness (QED) is 0.759. The highest BCUT2D eigenvalue weighted by molar-refractivity contribution is 5.76. The van der Waals surface area contributed by atoms with Crippen molar-refractivity contribution in [2.24, 2.45) is 0 Å². The van der Waals surface area contributed by atoms with Crippen molar-refractivity contribution in [2.45, 2.75) is 32.0 Å². The summed E-state index contributed by atoms with van der Waals surface area (Å²) in [7, 11) is 0. The molecule has 1 aliphatic rings. The van der Waals surface area contributed by atoms with Gasteiger partial charge in [0, 0.05) is 31.5 Å². The summed E-state index contributed by atoms with van der Waals surface area (Å²) in [6.45, 7) is 4.96. The number of carbonyl (C=O) groups is 1. The zero-order chi connectivity index (χ0) is 12.8. The van der Waals surface area contributed by atoms with Crippen LogP contribution in [0.1, 0.15) is 13.3 Å². The first-order valence-electron chi connectivity index (χ1n) is 6.33. The number of ether oxygens (including phenoxy) is 1. The van der Waals surface area contributed by atoms with Gasteiger partial charge in [0.15, 0.2) is 0 Å². The van der Waals surface area contributed by atoms with Crippen LogP contribution >= 0.6 is 0 Å². The third kappa shape index (κ3) is 4.12. The Labute approximate surface area is 107 Å². The van der Waals surface area contributed by atoms with Crippen molar-refractivity contribution in [1.29, 1.82) is 0 Å². The summed E-state index contributed by atoms with van der Waals surface area (Å²) in [6, 6.07) is 1.93. The van der Waals surface area contributed by atoms with Crippen molar-refractivity contribution in [3.63, 3.8) is 0 Å². The number of hydrogen-bond acceptors (Lipinski definition) is 4. The molecule has 2 unspecified atom stereocenters. The monoisotopic (exact) mass is 252 g/mol. The van der Waals surface area contributed by atoms with Gasteiger partial charge in [0.25, 0.3) is 0 Å². The molecule has 2 rings (SSSR count). The van der Waals surface area contributed by atoms with Gasteiger partial charge in [-0.15, -0.1) is 0 Å². The second-order valence-electron chi connectivity index (χ2n) is 4.60. The molecule has 0 radical (unpaired) electrons. The first kappa shape index (κ1) is 13.0. The topological polar surface area (TPSA) is 68.2 Å². The van der Waals surface area contributed by atoms with Gasteiger partial charge in [-0.25, -0.2) is 0 Å². The molecule has 1 aromatic heterocycles. The van der Waals surface area contributed by atoms with Crippen LogP contribution < -0.4 is 10.6 Å². The van der Waals surface area contributed by atoms with Gasteiger partial charge in [-0.05, 0) is 13.0 Å². The van der Waals surface area contributed by atoms with Crippen LogP contribution in [0, 0.1) is 0 Å². The van der Waals surface area contributed by atoms with Gasteiger partial charge in [-0.1, -0.05) is 0 Å². The molecule has 18 heavy (non-hydrogen) atoms. The Morgan fingerprint density at radius 2 is 2.61 bits per heavy atom. The lowest BCUT2D eigenvalue weighted by atomic mass is 10.2. The minimum absolute atomic E-state index is 0.00402. The van der Waals surface area contributed by atoms with E-state index in [1.165, 1.54) is 0 Å². The predicted octanol–water partition coefficient (Wildman–Crippen LogP) is -0.234. The molecule has 2 atom stereocenters. The molecule has 0 spiro atoms. The van der Waals surface area contributed by atoms with E-state index >= 15 is 0 Å². The summed E-state index contributed by atoms with van der Waals surface area (Å²) in [5, 5.41) is 10.3. The van der Waals surface area contributed by atoms with Crippen molar-refractivity contribution < 1.29 is 9.53 Å². The highest BCUT2D eigenvalue weighted by atomic mass is 16.5. The first-order valence-corrected chi connectivity index (χ1v) is 6.33. The molecule has 6 heteroatoms. The smallest absolute Gasteiger partial charge is 0.222 e. The molecule has 2 N–H and O–H groups in total. The van der Waals surface area contributed by atoms with E-state index in [2.05, 4.69) is 15.7 Å². The van der Waals surface area contributed by atoms with Crippen molar-refractivity contribution in [1.82, 2.24) is 20.4 Å². The van der Waals surface area contributed by atoms with Crippen molar-refractivity contribution in [2.75, 3.05) is 19.7 Å². The normalized spacial score (nSPS) is 21.5. The zero-order valence-electron chi connectivity index (χ0n) is 10.6. The second kappa shape index (κ2) is 6.51. The molecule has 0 aliphatic carbocycles. The van der Waals surface area contributed by atoms with Crippen LogP contribution in [-0.2, 0) is 16.1 Å². The van der Waals surface area contributed by atoms with Gasteiger partial charge in [0.1, 0.15) is 0 Å². The molecule has 1 fully saturated rings. The Hall–Kier alpha value is -1.40. The lowest BCUT2D eigenvalue weighted by Crippen LogP contribution is -2.43.